The number of aliphatic hydroxyl groups is 1. The maximum absolute atomic E-state index is 11.4. The maximum Gasteiger partial charge on any atom is 0.338 e. The zero-order valence-corrected chi connectivity index (χ0v) is 10.7. The van der Waals surface area contributed by atoms with Crippen LogP contribution in [-0.2, 0) is 9.53 Å². The van der Waals surface area contributed by atoms with Crippen LogP contribution >= 0.6 is 0 Å². The summed E-state index contributed by atoms with van der Waals surface area (Å²) in [5, 5.41) is 10.1. The number of β-amino-alcohol motifs (C(OH)–C–C–N with tert-alkyl or cyclic N) is 1. The molecule has 1 aliphatic rings. The molecule has 4 nitrogen and oxygen atoms in total. The van der Waals surface area contributed by atoms with E-state index in [0.717, 1.165) is 12.8 Å². The van der Waals surface area contributed by atoms with Gasteiger partial charge in [0.25, 0.3) is 0 Å². The van der Waals surface area contributed by atoms with E-state index in [1.54, 1.807) is 0 Å². The molecular formula is C12H23NO3. The number of hydrogen-bond acceptors (Lipinski definition) is 4. The van der Waals surface area contributed by atoms with E-state index < -0.39 is 11.6 Å². The molecule has 1 fully saturated rings. The Morgan fingerprint density at radius 1 is 1.44 bits per heavy atom. The molecule has 0 radical (unpaired) electrons. The number of rotatable bonds is 3. The monoisotopic (exact) mass is 229 g/mol. The van der Waals surface area contributed by atoms with E-state index in [1.165, 1.54) is 20.5 Å². The number of carbonyl (C=O) groups excluding carboxylic acids is 1. The highest BCUT2D eigenvalue weighted by Gasteiger charge is 2.37. The summed E-state index contributed by atoms with van der Waals surface area (Å²) < 4.78 is 4.61. The average Bonchev–Trinajstić information content (AvgIpc) is 2.22. The van der Waals surface area contributed by atoms with Gasteiger partial charge >= 0.3 is 5.97 Å². The van der Waals surface area contributed by atoms with Crippen LogP contribution < -0.4 is 0 Å². The second kappa shape index (κ2) is 5.15. The van der Waals surface area contributed by atoms with Gasteiger partial charge in [-0.1, -0.05) is 6.42 Å². The smallest absolute Gasteiger partial charge is 0.338 e. The Morgan fingerprint density at radius 3 is 2.38 bits per heavy atom. The summed E-state index contributed by atoms with van der Waals surface area (Å²) in [6.45, 7) is 6.15. The van der Waals surface area contributed by atoms with Crippen molar-refractivity contribution in [3.63, 3.8) is 0 Å². The van der Waals surface area contributed by atoms with Gasteiger partial charge in [0.1, 0.15) is 0 Å². The molecule has 1 N–H and O–H groups in total. The SMILES string of the molecule is COC(=O)C(C)(O)CN1C(C)CCCC1C. The normalized spacial score (nSPS) is 30.8. The van der Waals surface area contributed by atoms with Crippen molar-refractivity contribution in [1.82, 2.24) is 4.90 Å². The largest absolute Gasteiger partial charge is 0.467 e. The predicted molar refractivity (Wildman–Crippen MR) is 62.1 cm³/mol. The van der Waals surface area contributed by atoms with Crippen molar-refractivity contribution < 1.29 is 14.6 Å². The molecule has 3 unspecified atom stereocenters. The van der Waals surface area contributed by atoms with Crippen LogP contribution in [0.1, 0.15) is 40.0 Å². The highest BCUT2D eigenvalue weighted by atomic mass is 16.5. The van der Waals surface area contributed by atoms with E-state index in [0.29, 0.717) is 18.6 Å². The van der Waals surface area contributed by atoms with Gasteiger partial charge in [0.05, 0.1) is 7.11 Å². The molecule has 0 aromatic rings. The summed E-state index contributed by atoms with van der Waals surface area (Å²) in [5.74, 6) is -0.558. The second-order valence-corrected chi connectivity index (χ2v) is 5.07. The van der Waals surface area contributed by atoms with E-state index in [9.17, 15) is 9.90 Å². The molecule has 1 rings (SSSR count). The van der Waals surface area contributed by atoms with Crippen molar-refractivity contribution in [2.75, 3.05) is 13.7 Å². The van der Waals surface area contributed by atoms with Crippen LogP contribution in [0.3, 0.4) is 0 Å². The number of esters is 1. The Hall–Kier alpha value is -0.610. The van der Waals surface area contributed by atoms with E-state index in [-0.39, 0.29) is 0 Å². The number of ether oxygens (including phenoxy) is 1. The Bertz CT molecular complexity index is 243. The van der Waals surface area contributed by atoms with Crippen molar-refractivity contribution in [3.05, 3.63) is 0 Å². The Kier molecular flexibility index (Phi) is 4.33. The first-order valence-corrected chi connectivity index (χ1v) is 5.95. The lowest BCUT2D eigenvalue weighted by molar-refractivity contribution is -0.163. The van der Waals surface area contributed by atoms with Crippen LogP contribution in [0.25, 0.3) is 0 Å². The van der Waals surface area contributed by atoms with Crippen molar-refractivity contribution >= 4 is 5.97 Å². The first-order valence-electron chi connectivity index (χ1n) is 5.95. The van der Waals surface area contributed by atoms with Gasteiger partial charge in [-0.05, 0) is 33.6 Å². The molecule has 1 heterocycles. The number of carbonyl (C=O) groups is 1. The van der Waals surface area contributed by atoms with Crippen LogP contribution in [0.2, 0.25) is 0 Å². The highest BCUT2D eigenvalue weighted by Crippen LogP contribution is 2.24. The minimum absolute atomic E-state index is 0.349. The number of piperidine rings is 1. The van der Waals surface area contributed by atoms with Gasteiger partial charge in [0, 0.05) is 18.6 Å². The van der Waals surface area contributed by atoms with Crippen LogP contribution in [-0.4, -0.2) is 47.3 Å². The van der Waals surface area contributed by atoms with Crippen LogP contribution in [0.5, 0.6) is 0 Å². The molecule has 3 atom stereocenters. The molecule has 1 aliphatic heterocycles. The van der Waals surface area contributed by atoms with E-state index in [1.807, 2.05) is 0 Å². The summed E-state index contributed by atoms with van der Waals surface area (Å²) >= 11 is 0. The second-order valence-electron chi connectivity index (χ2n) is 5.07. The fraction of sp³-hybridized carbons (Fsp3) is 0.917. The van der Waals surface area contributed by atoms with Crippen LogP contribution in [0.4, 0.5) is 0 Å². The maximum atomic E-state index is 11.4. The lowest BCUT2D eigenvalue weighted by atomic mass is 9.94. The van der Waals surface area contributed by atoms with Gasteiger partial charge in [0.2, 0.25) is 0 Å². The van der Waals surface area contributed by atoms with Crippen molar-refractivity contribution in [2.45, 2.75) is 57.7 Å². The lowest BCUT2D eigenvalue weighted by Gasteiger charge is -2.41. The first-order chi connectivity index (χ1) is 7.38. The van der Waals surface area contributed by atoms with Gasteiger partial charge in [-0.3, -0.25) is 4.90 Å². The third-order valence-corrected chi connectivity index (χ3v) is 3.49. The summed E-state index contributed by atoms with van der Waals surface area (Å²) in [4.78, 5) is 13.6. The molecule has 0 aliphatic carbocycles. The number of methoxy groups -OCH3 is 1. The lowest BCUT2D eigenvalue weighted by Crippen LogP contribution is -2.54. The van der Waals surface area contributed by atoms with Gasteiger partial charge in [-0.2, -0.15) is 0 Å². The summed E-state index contributed by atoms with van der Waals surface area (Å²) in [6.07, 6.45) is 3.47. The minimum Gasteiger partial charge on any atom is -0.467 e. The zero-order valence-electron chi connectivity index (χ0n) is 10.7. The number of likely N-dealkylation sites (tertiary alicyclic amines) is 1. The average molecular weight is 229 g/mol. The Balaban J connectivity index is 2.67. The molecule has 0 bridgehead atoms. The van der Waals surface area contributed by atoms with Crippen molar-refractivity contribution in [3.8, 4) is 0 Å². The standard InChI is InChI=1S/C12H23NO3/c1-9-6-5-7-10(2)13(9)8-12(3,15)11(14)16-4/h9-10,15H,5-8H2,1-4H3. The molecule has 16 heavy (non-hydrogen) atoms. The molecule has 4 heteroatoms. The molecule has 0 spiro atoms. The van der Waals surface area contributed by atoms with Gasteiger partial charge in [-0.15, -0.1) is 0 Å². The Morgan fingerprint density at radius 2 is 1.94 bits per heavy atom. The molecule has 0 aromatic heterocycles. The highest BCUT2D eigenvalue weighted by molar-refractivity contribution is 5.78. The van der Waals surface area contributed by atoms with Crippen molar-refractivity contribution in [2.24, 2.45) is 0 Å². The molecule has 0 amide bonds. The fourth-order valence-electron chi connectivity index (χ4n) is 2.43. The fourth-order valence-corrected chi connectivity index (χ4v) is 2.43. The zero-order chi connectivity index (χ0) is 12.3. The molecule has 1 saturated heterocycles. The molecule has 0 saturated carbocycles. The topological polar surface area (TPSA) is 49.8 Å². The van der Waals surface area contributed by atoms with Crippen LogP contribution in [0, 0.1) is 0 Å². The van der Waals surface area contributed by atoms with Crippen molar-refractivity contribution in [1.29, 1.82) is 0 Å². The molecule has 0 aromatic carbocycles. The van der Waals surface area contributed by atoms with E-state index in [4.69, 9.17) is 0 Å². The third-order valence-electron chi connectivity index (χ3n) is 3.49. The van der Waals surface area contributed by atoms with Crippen LogP contribution in [0.15, 0.2) is 0 Å². The van der Waals surface area contributed by atoms with Gasteiger partial charge in [-0.25, -0.2) is 4.79 Å². The number of hydrogen-bond donors (Lipinski definition) is 1. The summed E-state index contributed by atoms with van der Waals surface area (Å²) in [5.41, 5.74) is -1.41. The van der Waals surface area contributed by atoms with E-state index >= 15 is 0 Å². The van der Waals surface area contributed by atoms with E-state index in [2.05, 4.69) is 23.5 Å². The Labute approximate surface area is 97.6 Å². The van der Waals surface area contributed by atoms with Gasteiger partial charge in [0.15, 0.2) is 5.60 Å². The third kappa shape index (κ3) is 2.95. The predicted octanol–water partition coefficient (Wildman–Crippen LogP) is 1.17. The summed E-state index contributed by atoms with van der Waals surface area (Å²) in [6, 6.07) is 0.833. The first kappa shape index (κ1) is 13.5. The molecular weight excluding hydrogens is 206 g/mol. The summed E-state index contributed by atoms with van der Waals surface area (Å²) in [7, 11) is 1.31. The minimum atomic E-state index is -1.41. The number of nitrogens with zero attached hydrogens (tertiary/aromatic N) is 1. The van der Waals surface area contributed by atoms with Gasteiger partial charge < -0.3 is 9.84 Å². The quantitative estimate of drug-likeness (QED) is 0.738. The molecule has 94 valence electrons.